The molecule has 0 aromatic heterocycles. The van der Waals surface area contributed by atoms with Crippen LogP contribution in [-0.4, -0.2) is 52.8 Å². The smallest absolute Gasteiger partial charge is 0.324 e. The quantitative estimate of drug-likeness (QED) is 0.658. The number of piperidine rings is 1. The van der Waals surface area contributed by atoms with Crippen LogP contribution in [0.5, 0.6) is 0 Å². The lowest BCUT2D eigenvalue weighted by molar-refractivity contribution is -0.161. The van der Waals surface area contributed by atoms with Gasteiger partial charge in [-0.15, -0.1) is 0 Å². The van der Waals surface area contributed by atoms with Gasteiger partial charge in [-0.25, -0.2) is 4.79 Å². The lowest BCUT2D eigenvalue weighted by Gasteiger charge is -2.61. The molecule has 0 aromatic carbocycles. The van der Waals surface area contributed by atoms with E-state index in [1.54, 1.807) is 0 Å². The van der Waals surface area contributed by atoms with Gasteiger partial charge in [0, 0.05) is 37.5 Å². The van der Waals surface area contributed by atoms with E-state index in [1.807, 2.05) is 39.6 Å². The average molecular weight is 460 g/mol. The predicted octanol–water partition coefficient (Wildman–Crippen LogP) is 4.82. The van der Waals surface area contributed by atoms with Crippen LogP contribution in [0.15, 0.2) is 0 Å². The molecule has 33 heavy (non-hydrogen) atoms. The summed E-state index contributed by atoms with van der Waals surface area (Å²) in [6.07, 6.45) is 8.07. The Balaban J connectivity index is 1.56. The second-order valence-corrected chi connectivity index (χ2v) is 12.6. The third-order valence-electron chi connectivity index (χ3n) is 10.2. The highest BCUT2D eigenvalue weighted by Crippen LogP contribution is 2.66. The monoisotopic (exact) mass is 459 g/mol. The molecule has 3 saturated carbocycles. The molecule has 7 atom stereocenters. The molecule has 6 nitrogen and oxygen atoms in total. The van der Waals surface area contributed by atoms with Crippen molar-refractivity contribution in [3.05, 3.63) is 0 Å². The molecule has 0 aromatic rings. The molecule has 186 valence electrons. The molecule has 0 radical (unpaired) electrons. The fourth-order valence-corrected chi connectivity index (χ4v) is 8.63. The van der Waals surface area contributed by atoms with Crippen LogP contribution in [0.4, 0.5) is 4.79 Å². The van der Waals surface area contributed by atoms with Gasteiger partial charge in [0.15, 0.2) is 0 Å². The number of likely N-dealkylation sites (tertiary alicyclic amines) is 1. The van der Waals surface area contributed by atoms with Crippen LogP contribution in [0.3, 0.4) is 0 Å². The van der Waals surface area contributed by atoms with Gasteiger partial charge < -0.3 is 10.2 Å². The summed E-state index contributed by atoms with van der Waals surface area (Å²) in [5, 5.41) is 2.94. The molecule has 4 amide bonds. The Morgan fingerprint density at radius 3 is 2.27 bits per heavy atom. The topological polar surface area (TPSA) is 69.7 Å². The van der Waals surface area contributed by atoms with E-state index < -0.39 is 0 Å². The highest BCUT2D eigenvalue weighted by molar-refractivity contribution is 5.96. The summed E-state index contributed by atoms with van der Waals surface area (Å²) in [6, 6.07) is -0.0433. The summed E-state index contributed by atoms with van der Waals surface area (Å²) in [4.78, 5) is 42.7. The molecule has 4 fully saturated rings. The lowest BCUT2D eigenvalue weighted by Crippen LogP contribution is -2.61. The van der Waals surface area contributed by atoms with Crippen LogP contribution < -0.4 is 5.32 Å². The van der Waals surface area contributed by atoms with Crippen molar-refractivity contribution in [1.82, 2.24) is 15.1 Å². The van der Waals surface area contributed by atoms with Gasteiger partial charge in [0.1, 0.15) is 0 Å². The van der Waals surface area contributed by atoms with Crippen molar-refractivity contribution in [2.75, 3.05) is 7.05 Å². The highest BCUT2D eigenvalue weighted by atomic mass is 16.2. The number of urea groups is 1. The number of fused-ring (bicyclic) bond motifs is 5. The van der Waals surface area contributed by atoms with Gasteiger partial charge in [-0.2, -0.15) is 0 Å². The van der Waals surface area contributed by atoms with E-state index in [4.69, 9.17) is 0 Å². The maximum absolute atomic E-state index is 13.8. The predicted molar refractivity (Wildman–Crippen MR) is 129 cm³/mol. The van der Waals surface area contributed by atoms with Gasteiger partial charge in [-0.05, 0) is 101 Å². The summed E-state index contributed by atoms with van der Waals surface area (Å²) in [5.74, 6) is 2.04. The third-order valence-corrected chi connectivity index (χ3v) is 10.2. The van der Waals surface area contributed by atoms with Crippen LogP contribution in [0.25, 0.3) is 0 Å². The van der Waals surface area contributed by atoms with E-state index >= 15 is 0 Å². The molecule has 0 spiro atoms. The molecular weight excluding hydrogens is 414 g/mol. The fourth-order valence-electron chi connectivity index (χ4n) is 8.63. The van der Waals surface area contributed by atoms with Crippen molar-refractivity contribution in [3.63, 3.8) is 0 Å². The summed E-state index contributed by atoms with van der Waals surface area (Å²) in [7, 11) is 2.00. The van der Waals surface area contributed by atoms with Gasteiger partial charge in [0.25, 0.3) is 0 Å². The minimum atomic E-state index is -0.256. The Labute approximate surface area is 200 Å². The normalized spacial score (nSPS) is 40.3. The van der Waals surface area contributed by atoms with Crippen molar-refractivity contribution in [3.8, 4) is 0 Å². The average Bonchev–Trinajstić information content (AvgIpc) is 3.07. The first-order chi connectivity index (χ1) is 15.4. The van der Waals surface area contributed by atoms with Crippen molar-refractivity contribution in [2.45, 2.75) is 111 Å². The lowest BCUT2D eigenvalue weighted by atomic mass is 9.47. The summed E-state index contributed by atoms with van der Waals surface area (Å²) in [5.41, 5.74) is 0.152. The number of hydrogen-bond acceptors (Lipinski definition) is 3. The van der Waals surface area contributed by atoms with Crippen LogP contribution in [0, 0.1) is 34.5 Å². The Morgan fingerprint density at radius 2 is 1.64 bits per heavy atom. The molecule has 1 N–H and O–H groups in total. The maximum Gasteiger partial charge on any atom is 0.324 e. The molecular formula is C27H45N3O3. The van der Waals surface area contributed by atoms with Crippen molar-refractivity contribution in [2.24, 2.45) is 34.5 Å². The zero-order chi connectivity index (χ0) is 24.3. The summed E-state index contributed by atoms with van der Waals surface area (Å²) >= 11 is 0. The van der Waals surface area contributed by atoms with Crippen molar-refractivity contribution < 1.29 is 14.4 Å². The zero-order valence-electron chi connectivity index (χ0n) is 21.8. The van der Waals surface area contributed by atoms with Gasteiger partial charge in [-0.3, -0.25) is 14.5 Å². The molecule has 5 unspecified atom stereocenters. The van der Waals surface area contributed by atoms with Crippen molar-refractivity contribution in [1.29, 1.82) is 0 Å². The van der Waals surface area contributed by atoms with Gasteiger partial charge in [0.05, 0.1) is 0 Å². The van der Waals surface area contributed by atoms with Crippen LogP contribution in [0.2, 0.25) is 0 Å². The summed E-state index contributed by atoms with van der Waals surface area (Å²) in [6.45, 7) is 12.5. The minimum Gasteiger partial charge on any atom is -0.342 e. The third kappa shape index (κ3) is 3.80. The van der Waals surface area contributed by atoms with E-state index in [0.29, 0.717) is 36.1 Å². The SMILES string of the molecule is CC(C)NC(=O)N(C(=O)C1CCC2C3CCC4N(C)C(=O)CC[C@]4(C)C3CC[C@]12C)C(C)C. The van der Waals surface area contributed by atoms with E-state index in [0.717, 1.165) is 44.9 Å². The second-order valence-electron chi connectivity index (χ2n) is 12.6. The number of carbonyl (C=O) groups is 3. The molecule has 1 aliphatic heterocycles. The van der Waals surface area contributed by atoms with E-state index in [2.05, 4.69) is 19.2 Å². The first-order valence-electron chi connectivity index (χ1n) is 13.3. The van der Waals surface area contributed by atoms with E-state index in [9.17, 15) is 14.4 Å². The van der Waals surface area contributed by atoms with E-state index in [1.165, 1.54) is 4.90 Å². The number of amides is 4. The molecule has 6 heteroatoms. The molecule has 4 aliphatic rings. The Kier molecular flexibility index (Phi) is 6.37. The van der Waals surface area contributed by atoms with Gasteiger partial charge in [-0.1, -0.05) is 13.8 Å². The minimum absolute atomic E-state index is 0.00494. The van der Waals surface area contributed by atoms with Gasteiger partial charge in [0.2, 0.25) is 11.8 Å². The Bertz CT molecular complexity index is 810. The number of hydrogen-bond donors (Lipinski definition) is 1. The van der Waals surface area contributed by atoms with Crippen LogP contribution in [0.1, 0.15) is 92.9 Å². The highest BCUT2D eigenvalue weighted by Gasteiger charge is 2.62. The fraction of sp³-hybridized carbons (Fsp3) is 0.889. The molecule has 1 saturated heterocycles. The number of rotatable bonds is 3. The zero-order valence-corrected chi connectivity index (χ0v) is 21.8. The standard InChI is InChI=1S/C27H45N3O3/c1-16(2)28-25(33)30(17(3)4)24(32)21-10-9-19-18-8-11-22-27(6,15-13-23(31)29(22)7)20(18)12-14-26(19,21)5/h16-22H,8-15H2,1-7H3,(H,28,33)/t18?,19?,20?,21?,22?,26-,27+/m0/s1. The van der Waals surface area contributed by atoms with Crippen molar-refractivity contribution >= 4 is 17.8 Å². The second kappa shape index (κ2) is 8.57. The van der Waals surface area contributed by atoms with Crippen LogP contribution >= 0.6 is 0 Å². The molecule has 3 aliphatic carbocycles. The summed E-state index contributed by atoms with van der Waals surface area (Å²) < 4.78 is 0. The van der Waals surface area contributed by atoms with Gasteiger partial charge >= 0.3 is 6.03 Å². The van der Waals surface area contributed by atoms with Crippen LogP contribution in [-0.2, 0) is 9.59 Å². The number of nitrogens with zero attached hydrogens (tertiary/aromatic N) is 2. The first-order valence-corrected chi connectivity index (χ1v) is 13.3. The maximum atomic E-state index is 13.8. The molecule has 0 bridgehead atoms. The Hall–Kier alpha value is -1.59. The number of carbonyl (C=O) groups excluding carboxylic acids is 3. The number of nitrogens with one attached hydrogen (secondary N) is 1. The number of imide groups is 1. The first kappa shape index (κ1) is 24.5. The molecule has 1 heterocycles. The Morgan fingerprint density at radius 1 is 0.970 bits per heavy atom. The largest absolute Gasteiger partial charge is 0.342 e. The molecule has 4 rings (SSSR count). The van der Waals surface area contributed by atoms with E-state index in [-0.39, 0.29) is 40.8 Å².